The van der Waals surface area contributed by atoms with Crippen molar-refractivity contribution >= 4 is 21.6 Å². The molecular formula is C14H14BrNO. The van der Waals surface area contributed by atoms with Gasteiger partial charge in [-0.05, 0) is 47.5 Å². The molecule has 3 N–H and O–H groups in total. The van der Waals surface area contributed by atoms with Crippen molar-refractivity contribution in [2.24, 2.45) is 0 Å². The molecule has 3 heteroatoms. The van der Waals surface area contributed by atoms with Crippen LogP contribution in [0.25, 0.3) is 11.1 Å². The van der Waals surface area contributed by atoms with Gasteiger partial charge in [0.05, 0.1) is 5.69 Å². The summed E-state index contributed by atoms with van der Waals surface area (Å²) in [6, 6.07) is 9.42. The van der Waals surface area contributed by atoms with E-state index in [0.717, 1.165) is 26.7 Å². The van der Waals surface area contributed by atoms with E-state index in [9.17, 15) is 5.11 Å². The van der Waals surface area contributed by atoms with E-state index >= 15 is 0 Å². The predicted octanol–water partition coefficient (Wildman–Crippen LogP) is 4.02. The monoisotopic (exact) mass is 291 g/mol. The average molecular weight is 292 g/mol. The first-order valence-corrected chi connectivity index (χ1v) is 6.14. The highest BCUT2D eigenvalue weighted by Crippen LogP contribution is 2.38. The Morgan fingerprint density at radius 1 is 1.06 bits per heavy atom. The highest BCUT2D eigenvalue weighted by Gasteiger charge is 2.11. The van der Waals surface area contributed by atoms with E-state index in [0.29, 0.717) is 5.69 Å². The molecule has 0 saturated heterocycles. The van der Waals surface area contributed by atoms with Crippen LogP contribution in [0.1, 0.15) is 11.1 Å². The van der Waals surface area contributed by atoms with Crippen LogP contribution in [0.15, 0.2) is 34.8 Å². The van der Waals surface area contributed by atoms with Gasteiger partial charge in [-0.1, -0.05) is 23.8 Å². The number of anilines is 1. The van der Waals surface area contributed by atoms with E-state index in [1.165, 1.54) is 0 Å². The lowest BCUT2D eigenvalue weighted by Crippen LogP contribution is -1.94. The maximum Gasteiger partial charge on any atom is 0.123 e. The molecule has 2 nitrogen and oxygen atoms in total. The van der Waals surface area contributed by atoms with Crippen LogP contribution in [-0.4, -0.2) is 5.11 Å². The summed E-state index contributed by atoms with van der Waals surface area (Å²) in [5, 5.41) is 9.90. The number of hydrogen-bond acceptors (Lipinski definition) is 2. The van der Waals surface area contributed by atoms with Gasteiger partial charge < -0.3 is 10.8 Å². The number of rotatable bonds is 1. The number of phenolic OH excluding ortho intramolecular Hbond substituents is 1. The van der Waals surface area contributed by atoms with Gasteiger partial charge in [0.1, 0.15) is 5.75 Å². The third-order valence-electron chi connectivity index (χ3n) is 2.82. The molecule has 0 aromatic heterocycles. The molecule has 0 fully saturated rings. The van der Waals surface area contributed by atoms with Crippen LogP contribution in [-0.2, 0) is 0 Å². The Bertz CT molecular complexity index is 579. The minimum atomic E-state index is 0.248. The number of aryl methyl sites for hydroxylation is 2. The molecule has 0 bridgehead atoms. The molecule has 0 aliphatic rings. The second kappa shape index (κ2) is 4.41. The minimum Gasteiger partial charge on any atom is -0.507 e. The number of aromatic hydroxyl groups is 1. The van der Waals surface area contributed by atoms with Gasteiger partial charge in [-0.15, -0.1) is 0 Å². The zero-order valence-corrected chi connectivity index (χ0v) is 11.4. The zero-order chi connectivity index (χ0) is 12.6. The van der Waals surface area contributed by atoms with Crippen molar-refractivity contribution in [3.8, 4) is 16.9 Å². The number of benzene rings is 2. The minimum absolute atomic E-state index is 0.248. The normalized spacial score (nSPS) is 10.5. The molecule has 2 rings (SSSR count). The smallest absolute Gasteiger partial charge is 0.123 e. The maximum absolute atomic E-state index is 9.90. The second-order valence-corrected chi connectivity index (χ2v) is 4.97. The van der Waals surface area contributed by atoms with E-state index in [1.807, 2.05) is 38.1 Å². The third-order valence-corrected chi connectivity index (χ3v) is 3.87. The number of hydrogen-bond donors (Lipinski definition) is 2. The highest BCUT2D eigenvalue weighted by molar-refractivity contribution is 9.10. The molecule has 2 aromatic carbocycles. The number of halogens is 1. The van der Waals surface area contributed by atoms with E-state index in [4.69, 9.17) is 5.73 Å². The van der Waals surface area contributed by atoms with Crippen molar-refractivity contribution < 1.29 is 5.11 Å². The van der Waals surface area contributed by atoms with Gasteiger partial charge in [-0.3, -0.25) is 0 Å². The van der Waals surface area contributed by atoms with E-state index in [2.05, 4.69) is 15.9 Å². The summed E-state index contributed by atoms with van der Waals surface area (Å²) in [5.41, 5.74) is 10.5. The van der Waals surface area contributed by atoms with Crippen LogP contribution >= 0.6 is 15.9 Å². The summed E-state index contributed by atoms with van der Waals surface area (Å²) in [4.78, 5) is 0. The Morgan fingerprint density at radius 3 is 2.47 bits per heavy atom. The maximum atomic E-state index is 9.90. The SMILES string of the molecule is Cc1ccc(O)c(-c2ccc(C)c(Br)c2N)c1. The summed E-state index contributed by atoms with van der Waals surface area (Å²) in [6.45, 7) is 3.97. The van der Waals surface area contributed by atoms with Gasteiger partial charge in [0.15, 0.2) is 0 Å². The molecule has 2 aromatic rings. The van der Waals surface area contributed by atoms with Crippen LogP contribution in [0.4, 0.5) is 5.69 Å². The largest absolute Gasteiger partial charge is 0.507 e. The lowest BCUT2D eigenvalue weighted by atomic mass is 9.99. The fraction of sp³-hybridized carbons (Fsp3) is 0.143. The molecule has 17 heavy (non-hydrogen) atoms. The van der Waals surface area contributed by atoms with Crippen molar-refractivity contribution in [2.45, 2.75) is 13.8 Å². The first kappa shape index (κ1) is 12.0. The zero-order valence-electron chi connectivity index (χ0n) is 9.79. The third kappa shape index (κ3) is 2.15. The lowest BCUT2D eigenvalue weighted by molar-refractivity contribution is 0.477. The number of nitrogens with two attached hydrogens (primary N) is 1. The Labute approximate surface area is 109 Å². The molecule has 0 amide bonds. The topological polar surface area (TPSA) is 46.2 Å². The van der Waals surface area contributed by atoms with E-state index in [1.54, 1.807) is 6.07 Å². The summed E-state index contributed by atoms with van der Waals surface area (Å²) in [6.07, 6.45) is 0. The van der Waals surface area contributed by atoms with Crippen LogP contribution in [0.3, 0.4) is 0 Å². The quantitative estimate of drug-likeness (QED) is 0.780. The molecule has 0 atom stereocenters. The number of phenols is 1. The molecule has 0 spiro atoms. The van der Waals surface area contributed by atoms with Gasteiger partial charge in [-0.2, -0.15) is 0 Å². The van der Waals surface area contributed by atoms with Gasteiger partial charge in [0.2, 0.25) is 0 Å². The first-order valence-electron chi connectivity index (χ1n) is 5.35. The fourth-order valence-electron chi connectivity index (χ4n) is 1.80. The van der Waals surface area contributed by atoms with Gasteiger partial charge in [0.25, 0.3) is 0 Å². The Morgan fingerprint density at radius 2 is 1.76 bits per heavy atom. The van der Waals surface area contributed by atoms with Gasteiger partial charge >= 0.3 is 0 Å². The molecular weight excluding hydrogens is 278 g/mol. The molecule has 0 saturated carbocycles. The van der Waals surface area contributed by atoms with E-state index in [-0.39, 0.29) is 5.75 Å². The van der Waals surface area contributed by atoms with Crippen LogP contribution < -0.4 is 5.73 Å². The van der Waals surface area contributed by atoms with Crippen molar-refractivity contribution in [3.63, 3.8) is 0 Å². The van der Waals surface area contributed by atoms with Crippen molar-refractivity contribution in [2.75, 3.05) is 5.73 Å². The molecule has 0 heterocycles. The summed E-state index contributed by atoms with van der Waals surface area (Å²) < 4.78 is 0.885. The fourth-order valence-corrected chi connectivity index (χ4v) is 2.15. The molecule has 0 unspecified atom stereocenters. The highest BCUT2D eigenvalue weighted by atomic mass is 79.9. The van der Waals surface area contributed by atoms with Crippen LogP contribution in [0.5, 0.6) is 5.75 Å². The van der Waals surface area contributed by atoms with Crippen LogP contribution in [0, 0.1) is 13.8 Å². The first-order chi connectivity index (χ1) is 8.00. The average Bonchev–Trinajstić information content (AvgIpc) is 2.30. The van der Waals surface area contributed by atoms with Crippen molar-refractivity contribution in [1.29, 1.82) is 0 Å². The summed E-state index contributed by atoms with van der Waals surface area (Å²) >= 11 is 3.46. The Hall–Kier alpha value is -1.48. The molecule has 0 radical (unpaired) electrons. The second-order valence-electron chi connectivity index (χ2n) is 4.18. The standard InChI is InChI=1S/C14H14BrNO/c1-8-3-6-12(17)11(7-8)10-5-4-9(2)13(15)14(10)16/h3-7,17H,16H2,1-2H3. The predicted molar refractivity (Wildman–Crippen MR) is 75.1 cm³/mol. The Balaban J connectivity index is 2.69. The number of nitrogen functional groups attached to an aromatic ring is 1. The Kier molecular flexibility index (Phi) is 3.11. The van der Waals surface area contributed by atoms with Crippen molar-refractivity contribution in [3.05, 3.63) is 45.9 Å². The molecule has 0 aliphatic heterocycles. The van der Waals surface area contributed by atoms with Crippen molar-refractivity contribution in [1.82, 2.24) is 0 Å². The summed E-state index contributed by atoms with van der Waals surface area (Å²) in [7, 11) is 0. The molecule has 88 valence electrons. The molecule has 0 aliphatic carbocycles. The summed E-state index contributed by atoms with van der Waals surface area (Å²) in [5.74, 6) is 0.248. The van der Waals surface area contributed by atoms with E-state index < -0.39 is 0 Å². The van der Waals surface area contributed by atoms with Crippen LogP contribution in [0.2, 0.25) is 0 Å². The lowest BCUT2D eigenvalue weighted by Gasteiger charge is -2.12. The van der Waals surface area contributed by atoms with Gasteiger partial charge in [-0.25, -0.2) is 0 Å². The van der Waals surface area contributed by atoms with Gasteiger partial charge in [0, 0.05) is 15.6 Å².